The van der Waals surface area contributed by atoms with Crippen molar-refractivity contribution in [3.8, 4) is 0 Å². The molecule has 4 rings (SSSR count). The fourth-order valence-electron chi connectivity index (χ4n) is 4.28. The molecule has 2 heterocycles. The summed E-state index contributed by atoms with van der Waals surface area (Å²) in [6.07, 6.45) is 3.87. The molecule has 1 N–H and O–H groups in total. The predicted molar refractivity (Wildman–Crippen MR) is 126 cm³/mol. The number of likely N-dealkylation sites (tertiary alicyclic amines) is 1. The SMILES string of the molecule is Cc1nn(Cc2ccccc2Cl)c(C)c1C(=O)Nc1cccc(CN2CCCCC2)c1. The van der Waals surface area contributed by atoms with Crippen LogP contribution in [0.5, 0.6) is 0 Å². The fraction of sp³-hybridized carbons (Fsp3) is 0.360. The first-order valence-electron chi connectivity index (χ1n) is 10.9. The van der Waals surface area contributed by atoms with Gasteiger partial charge in [0, 0.05) is 22.9 Å². The maximum absolute atomic E-state index is 13.1. The Kier molecular flexibility index (Phi) is 6.73. The number of nitrogens with one attached hydrogen (secondary N) is 1. The van der Waals surface area contributed by atoms with Gasteiger partial charge in [-0.25, -0.2) is 0 Å². The van der Waals surface area contributed by atoms with Crippen LogP contribution in [0, 0.1) is 13.8 Å². The highest BCUT2D eigenvalue weighted by molar-refractivity contribution is 6.31. The van der Waals surface area contributed by atoms with E-state index in [0.29, 0.717) is 22.8 Å². The summed E-state index contributed by atoms with van der Waals surface area (Å²) in [6, 6.07) is 15.9. The molecule has 0 radical (unpaired) electrons. The maximum Gasteiger partial charge on any atom is 0.259 e. The first kappa shape index (κ1) is 21.6. The lowest BCUT2D eigenvalue weighted by molar-refractivity contribution is 0.102. The van der Waals surface area contributed by atoms with Crippen LogP contribution in [0.3, 0.4) is 0 Å². The molecule has 0 saturated carbocycles. The number of rotatable bonds is 6. The van der Waals surface area contributed by atoms with E-state index >= 15 is 0 Å². The Balaban J connectivity index is 1.48. The molecule has 1 aliphatic heterocycles. The zero-order chi connectivity index (χ0) is 21.8. The third-order valence-electron chi connectivity index (χ3n) is 5.93. The van der Waals surface area contributed by atoms with Gasteiger partial charge in [-0.15, -0.1) is 0 Å². The highest BCUT2D eigenvalue weighted by Gasteiger charge is 2.19. The van der Waals surface area contributed by atoms with E-state index in [9.17, 15) is 4.79 Å². The largest absolute Gasteiger partial charge is 0.322 e. The Bertz CT molecular complexity index is 1070. The van der Waals surface area contributed by atoms with Crippen LogP contribution in [0.2, 0.25) is 5.02 Å². The lowest BCUT2D eigenvalue weighted by atomic mass is 10.1. The van der Waals surface area contributed by atoms with Gasteiger partial charge in [0.15, 0.2) is 0 Å². The molecule has 31 heavy (non-hydrogen) atoms. The molecule has 0 aliphatic carbocycles. The van der Waals surface area contributed by atoms with Crippen molar-refractivity contribution < 1.29 is 4.79 Å². The summed E-state index contributed by atoms with van der Waals surface area (Å²) in [4.78, 5) is 15.6. The summed E-state index contributed by atoms with van der Waals surface area (Å²) >= 11 is 6.30. The summed E-state index contributed by atoms with van der Waals surface area (Å²) in [5, 5.41) is 8.36. The van der Waals surface area contributed by atoms with Crippen LogP contribution in [-0.4, -0.2) is 33.7 Å². The van der Waals surface area contributed by atoms with Crippen LogP contribution in [0.15, 0.2) is 48.5 Å². The summed E-state index contributed by atoms with van der Waals surface area (Å²) < 4.78 is 1.85. The van der Waals surface area contributed by atoms with E-state index in [2.05, 4.69) is 27.4 Å². The lowest BCUT2D eigenvalue weighted by Gasteiger charge is -2.26. The van der Waals surface area contributed by atoms with Gasteiger partial charge in [0.1, 0.15) is 0 Å². The van der Waals surface area contributed by atoms with Gasteiger partial charge in [-0.05, 0) is 69.1 Å². The second-order valence-corrected chi connectivity index (χ2v) is 8.69. The van der Waals surface area contributed by atoms with Crippen LogP contribution in [0.4, 0.5) is 5.69 Å². The Morgan fingerprint density at radius 3 is 2.58 bits per heavy atom. The van der Waals surface area contributed by atoms with Crippen molar-refractivity contribution in [1.29, 1.82) is 0 Å². The van der Waals surface area contributed by atoms with Crippen molar-refractivity contribution >= 4 is 23.2 Å². The number of hydrogen-bond acceptors (Lipinski definition) is 3. The summed E-state index contributed by atoms with van der Waals surface area (Å²) in [5.74, 6) is -0.129. The third-order valence-corrected chi connectivity index (χ3v) is 6.29. The summed E-state index contributed by atoms with van der Waals surface area (Å²) in [7, 11) is 0. The number of anilines is 1. The van der Waals surface area contributed by atoms with E-state index in [1.54, 1.807) is 0 Å². The van der Waals surface area contributed by atoms with Crippen molar-refractivity contribution in [2.24, 2.45) is 0 Å². The molecule has 0 spiro atoms. The number of carbonyl (C=O) groups excluding carboxylic acids is 1. The van der Waals surface area contributed by atoms with Crippen molar-refractivity contribution in [1.82, 2.24) is 14.7 Å². The van der Waals surface area contributed by atoms with E-state index in [0.717, 1.165) is 36.6 Å². The van der Waals surface area contributed by atoms with Crippen molar-refractivity contribution in [2.45, 2.75) is 46.2 Å². The zero-order valence-corrected chi connectivity index (χ0v) is 19.0. The molecule has 1 saturated heterocycles. The molecule has 6 heteroatoms. The number of benzene rings is 2. The van der Waals surface area contributed by atoms with E-state index in [1.165, 1.54) is 24.8 Å². The van der Waals surface area contributed by atoms with E-state index in [4.69, 9.17) is 11.6 Å². The predicted octanol–water partition coefficient (Wildman–Crippen LogP) is 5.44. The second-order valence-electron chi connectivity index (χ2n) is 8.29. The highest BCUT2D eigenvalue weighted by Crippen LogP contribution is 2.21. The van der Waals surface area contributed by atoms with Crippen molar-refractivity contribution in [3.63, 3.8) is 0 Å². The first-order chi connectivity index (χ1) is 15.0. The van der Waals surface area contributed by atoms with Gasteiger partial charge in [0.05, 0.1) is 17.8 Å². The van der Waals surface area contributed by atoms with Crippen LogP contribution in [-0.2, 0) is 13.1 Å². The van der Waals surface area contributed by atoms with Gasteiger partial charge in [0.25, 0.3) is 5.91 Å². The molecule has 1 amide bonds. The molecule has 1 fully saturated rings. The van der Waals surface area contributed by atoms with E-state index < -0.39 is 0 Å². The quantitative estimate of drug-likeness (QED) is 0.559. The molecule has 5 nitrogen and oxygen atoms in total. The summed E-state index contributed by atoms with van der Waals surface area (Å²) in [5.41, 5.74) is 5.19. The molecular weight excluding hydrogens is 408 g/mol. The molecule has 1 aromatic heterocycles. The Hall–Kier alpha value is -2.63. The first-order valence-corrected chi connectivity index (χ1v) is 11.3. The smallest absolute Gasteiger partial charge is 0.259 e. The number of carbonyl (C=O) groups is 1. The average molecular weight is 437 g/mol. The van der Waals surface area contributed by atoms with Crippen molar-refractivity contribution in [3.05, 3.63) is 81.6 Å². The molecule has 0 unspecified atom stereocenters. The molecule has 0 bridgehead atoms. The molecule has 1 aliphatic rings. The second kappa shape index (κ2) is 9.67. The number of piperidine rings is 1. The summed E-state index contributed by atoms with van der Waals surface area (Å²) in [6.45, 7) is 7.57. The average Bonchev–Trinajstić information content (AvgIpc) is 3.03. The van der Waals surface area contributed by atoms with Gasteiger partial charge < -0.3 is 5.32 Å². The number of aromatic nitrogens is 2. The standard InChI is InChI=1S/C25H29ClN4O/c1-18-24(19(2)30(28-18)17-21-10-4-5-12-23(21)26)25(31)27-22-11-8-9-20(15-22)16-29-13-6-3-7-14-29/h4-5,8-12,15H,3,6-7,13-14,16-17H2,1-2H3,(H,27,31). The van der Waals surface area contributed by atoms with Crippen LogP contribution >= 0.6 is 11.6 Å². The van der Waals surface area contributed by atoms with Crippen LogP contribution in [0.25, 0.3) is 0 Å². The van der Waals surface area contributed by atoms with E-state index in [1.807, 2.05) is 54.9 Å². The van der Waals surface area contributed by atoms with Crippen LogP contribution in [0.1, 0.15) is 52.1 Å². The molecular formula is C25H29ClN4O. The molecule has 2 aromatic carbocycles. The monoisotopic (exact) mass is 436 g/mol. The topological polar surface area (TPSA) is 50.2 Å². The third kappa shape index (κ3) is 5.17. The lowest BCUT2D eigenvalue weighted by Crippen LogP contribution is -2.29. The fourth-order valence-corrected chi connectivity index (χ4v) is 4.48. The Morgan fingerprint density at radius 1 is 1.03 bits per heavy atom. The molecule has 3 aromatic rings. The van der Waals surface area contributed by atoms with Crippen LogP contribution < -0.4 is 5.32 Å². The number of hydrogen-bond donors (Lipinski definition) is 1. The number of nitrogens with zero attached hydrogens (tertiary/aromatic N) is 3. The Morgan fingerprint density at radius 2 is 1.81 bits per heavy atom. The zero-order valence-electron chi connectivity index (χ0n) is 18.2. The van der Waals surface area contributed by atoms with Gasteiger partial charge in [-0.1, -0.05) is 48.4 Å². The number of aryl methyl sites for hydroxylation is 1. The van der Waals surface area contributed by atoms with Gasteiger partial charge in [0.2, 0.25) is 0 Å². The number of halogens is 1. The molecule has 0 atom stereocenters. The Labute approximate surface area is 189 Å². The number of amides is 1. The minimum atomic E-state index is -0.129. The molecule has 162 valence electrons. The minimum Gasteiger partial charge on any atom is -0.322 e. The normalized spacial score (nSPS) is 14.5. The minimum absolute atomic E-state index is 0.129. The van der Waals surface area contributed by atoms with Gasteiger partial charge in [-0.3, -0.25) is 14.4 Å². The highest BCUT2D eigenvalue weighted by atomic mass is 35.5. The van der Waals surface area contributed by atoms with Gasteiger partial charge in [-0.2, -0.15) is 5.10 Å². The van der Waals surface area contributed by atoms with Gasteiger partial charge >= 0.3 is 0 Å². The van der Waals surface area contributed by atoms with Crippen molar-refractivity contribution in [2.75, 3.05) is 18.4 Å². The maximum atomic E-state index is 13.1. The van der Waals surface area contributed by atoms with E-state index in [-0.39, 0.29) is 5.91 Å².